The third kappa shape index (κ3) is 4.14. The van der Waals surface area contributed by atoms with Crippen molar-refractivity contribution in [2.24, 2.45) is 11.8 Å². The van der Waals surface area contributed by atoms with Gasteiger partial charge < -0.3 is 10.1 Å². The molecule has 8 heteroatoms. The van der Waals surface area contributed by atoms with Gasteiger partial charge in [-0.3, -0.25) is 19.3 Å². The number of ether oxygens (including phenoxy) is 1. The van der Waals surface area contributed by atoms with Gasteiger partial charge >= 0.3 is 5.97 Å². The minimum Gasteiger partial charge on any atom is -0.451 e. The van der Waals surface area contributed by atoms with E-state index < -0.39 is 24.0 Å². The summed E-state index contributed by atoms with van der Waals surface area (Å²) in [6.45, 7) is 2.86. The van der Waals surface area contributed by atoms with Crippen molar-refractivity contribution in [1.82, 2.24) is 4.90 Å². The topological polar surface area (TPSA) is 117 Å². The summed E-state index contributed by atoms with van der Waals surface area (Å²) >= 11 is 0. The normalized spacial score (nSPS) is 23.0. The summed E-state index contributed by atoms with van der Waals surface area (Å²) in [5.74, 6) is -2.68. The van der Waals surface area contributed by atoms with Gasteiger partial charge in [-0.2, -0.15) is 5.26 Å². The Morgan fingerprint density at radius 3 is 2.17 bits per heavy atom. The van der Waals surface area contributed by atoms with Gasteiger partial charge in [-0.1, -0.05) is 12.8 Å². The van der Waals surface area contributed by atoms with Crippen molar-refractivity contribution < 1.29 is 23.9 Å². The summed E-state index contributed by atoms with van der Waals surface area (Å²) in [5, 5.41) is 11.4. The van der Waals surface area contributed by atoms with Crippen molar-refractivity contribution >= 4 is 29.4 Å². The summed E-state index contributed by atoms with van der Waals surface area (Å²) < 4.78 is 5.20. The molecule has 1 N–H and O–H groups in total. The number of esters is 1. The molecular weight excluding hydrogens is 374 g/mol. The molecule has 1 aromatic rings. The van der Waals surface area contributed by atoms with Crippen LogP contribution in [0.3, 0.4) is 0 Å². The third-order valence-electron chi connectivity index (χ3n) is 5.55. The molecule has 0 radical (unpaired) electrons. The number of carbonyl (C=O) groups excluding carboxylic acids is 4. The fourth-order valence-electron chi connectivity index (χ4n) is 3.87. The van der Waals surface area contributed by atoms with Crippen molar-refractivity contribution in [2.45, 2.75) is 51.7 Å². The van der Waals surface area contributed by atoms with Crippen LogP contribution in [0.5, 0.6) is 0 Å². The number of rotatable bonds is 5. The van der Waals surface area contributed by atoms with Crippen molar-refractivity contribution in [3.63, 3.8) is 0 Å². The lowest BCUT2D eigenvalue weighted by atomic mass is 9.81. The van der Waals surface area contributed by atoms with E-state index in [4.69, 9.17) is 10.00 Å². The van der Waals surface area contributed by atoms with E-state index in [9.17, 15) is 19.2 Å². The van der Waals surface area contributed by atoms with Crippen molar-refractivity contribution in [3.8, 4) is 6.07 Å². The van der Waals surface area contributed by atoms with Crippen LogP contribution in [0.2, 0.25) is 0 Å². The number of anilines is 1. The molecule has 1 aliphatic heterocycles. The third-order valence-corrected chi connectivity index (χ3v) is 5.55. The lowest BCUT2D eigenvalue weighted by Crippen LogP contribution is -2.46. The molecule has 3 rings (SSSR count). The maximum Gasteiger partial charge on any atom is 0.329 e. The van der Waals surface area contributed by atoms with Gasteiger partial charge in [0.2, 0.25) is 11.8 Å². The lowest BCUT2D eigenvalue weighted by Gasteiger charge is -2.23. The summed E-state index contributed by atoms with van der Waals surface area (Å²) in [7, 11) is 0. The first-order valence-corrected chi connectivity index (χ1v) is 9.72. The Balaban J connectivity index is 1.59. The molecule has 29 heavy (non-hydrogen) atoms. The Morgan fingerprint density at radius 1 is 1.10 bits per heavy atom. The fourth-order valence-corrected chi connectivity index (χ4v) is 3.87. The number of fused-ring (bicyclic) bond motifs is 1. The van der Waals surface area contributed by atoms with E-state index in [0.29, 0.717) is 24.1 Å². The molecular formula is C21H23N3O5. The van der Waals surface area contributed by atoms with E-state index in [2.05, 4.69) is 5.32 Å². The summed E-state index contributed by atoms with van der Waals surface area (Å²) in [6, 6.07) is 7.14. The van der Waals surface area contributed by atoms with Crippen LogP contribution in [0.25, 0.3) is 0 Å². The Labute approximate surface area is 168 Å². The number of nitrogens with zero attached hydrogens (tertiary/aromatic N) is 2. The zero-order chi connectivity index (χ0) is 21.1. The highest BCUT2D eigenvalue weighted by molar-refractivity contribution is 6.08. The summed E-state index contributed by atoms with van der Waals surface area (Å²) in [6.07, 6.45) is 2.02. The molecule has 2 aliphatic rings. The molecule has 1 heterocycles. The number of hydrogen-bond donors (Lipinski definition) is 1. The monoisotopic (exact) mass is 397 g/mol. The highest BCUT2D eigenvalue weighted by atomic mass is 16.5. The number of likely N-dealkylation sites (tertiary alicyclic amines) is 1. The van der Waals surface area contributed by atoms with Gasteiger partial charge in [-0.25, -0.2) is 4.79 Å². The Hall–Kier alpha value is -3.21. The van der Waals surface area contributed by atoms with E-state index in [1.54, 1.807) is 24.3 Å². The highest BCUT2D eigenvalue weighted by Crippen LogP contribution is 2.38. The van der Waals surface area contributed by atoms with Crippen LogP contribution in [0.15, 0.2) is 24.3 Å². The molecule has 4 atom stereocenters. The fraction of sp³-hybridized carbons (Fsp3) is 0.476. The molecule has 0 aromatic heterocycles. The second-order valence-corrected chi connectivity index (χ2v) is 7.48. The van der Waals surface area contributed by atoms with Crippen LogP contribution in [0, 0.1) is 23.2 Å². The quantitative estimate of drug-likeness (QED) is 0.600. The standard InChI is InChI=1S/C21H23N3O5/c1-12(24-19(26)16-5-3-4-6-17(16)20(24)27)21(28)29-13(2)18(25)23-15-9-7-14(11-22)8-10-15/h7-10,12-13,16-17H,3-6H2,1-2H3,(H,23,25). The summed E-state index contributed by atoms with van der Waals surface area (Å²) in [4.78, 5) is 51.0. The molecule has 4 unspecified atom stereocenters. The van der Waals surface area contributed by atoms with Gasteiger partial charge in [-0.15, -0.1) is 0 Å². The van der Waals surface area contributed by atoms with Gasteiger partial charge in [0, 0.05) is 5.69 Å². The number of nitriles is 1. The Bertz CT molecular complexity index is 849. The second kappa shape index (κ2) is 8.43. The number of imide groups is 1. The van der Waals surface area contributed by atoms with Crippen LogP contribution in [0.1, 0.15) is 45.1 Å². The smallest absolute Gasteiger partial charge is 0.329 e. The van der Waals surface area contributed by atoms with E-state index in [1.807, 2.05) is 6.07 Å². The van der Waals surface area contributed by atoms with Gasteiger partial charge in [-0.05, 0) is 51.0 Å². The zero-order valence-electron chi connectivity index (χ0n) is 16.4. The van der Waals surface area contributed by atoms with E-state index >= 15 is 0 Å². The first kappa shape index (κ1) is 20.5. The number of benzene rings is 1. The predicted molar refractivity (Wildman–Crippen MR) is 102 cm³/mol. The Morgan fingerprint density at radius 2 is 1.66 bits per heavy atom. The molecule has 2 fully saturated rings. The number of amides is 3. The molecule has 1 saturated heterocycles. The van der Waals surface area contributed by atoms with Crippen LogP contribution < -0.4 is 5.32 Å². The number of hydrogen-bond acceptors (Lipinski definition) is 6. The molecule has 0 bridgehead atoms. The van der Waals surface area contributed by atoms with Gasteiger partial charge in [0.25, 0.3) is 5.91 Å². The molecule has 8 nitrogen and oxygen atoms in total. The minimum absolute atomic E-state index is 0.321. The van der Waals surface area contributed by atoms with Crippen LogP contribution in [-0.2, 0) is 23.9 Å². The van der Waals surface area contributed by atoms with Gasteiger partial charge in [0.15, 0.2) is 6.10 Å². The number of carbonyl (C=O) groups is 4. The molecule has 152 valence electrons. The maximum atomic E-state index is 12.6. The summed E-state index contributed by atoms with van der Waals surface area (Å²) in [5.41, 5.74) is 0.913. The van der Waals surface area contributed by atoms with Crippen molar-refractivity contribution in [3.05, 3.63) is 29.8 Å². The molecule has 3 amide bonds. The molecule has 1 aliphatic carbocycles. The molecule has 0 spiro atoms. The van der Waals surface area contributed by atoms with Crippen molar-refractivity contribution in [2.75, 3.05) is 5.32 Å². The first-order valence-electron chi connectivity index (χ1n) is 9.72. The van der Waals surface area contributed by atoms with E-state index in [-0.39, 0.29) is 23.7 Å². The second-order valence-electron chi connectivity index (χ2n) is 7.48. The van der Waals surface area contributed by atoms with E-state index in [0.717, 1.165) is 17.7 Å². The average Bonchev–Trinajstić information content (AvgIpc) is 2.98. The largest absolute Gasteiger partial charge is 0.451 e. The average molecular weight is 397 g/mol. The van der Waals surface area contributed by atoms with E-state index in [1.165, 1.54) is 13.8 Å². The predicted octanol–water partition coefficient (Wildman–Crippen LogP) is 1.99. The number of nitrogens with one attached hydrogen (secondary N) is 1. The first-order chi connectivity index (χ1) is 13.8. The van der Waals surface area contributed by atoms with Gasteiger partial charge in [0.05, 0.1) is 23.5 Å². The lowest BCUT2D eigenvalue weighted by molar-refractivity contribution is -0.163. The SMILES string of the molecule is CC(OC(=O)C(C)N1C(=O)C2CCCCC2C1=O)C(=O)Nc1ccc(C#N)cc1. The van der Waals surface area contributed by atoms with Crippen LogP contribution >= 0.6 is 0 Å². The maximum absolute atomic E-state index is 12.6. The van der Waals surface area contributed by atoms with Crippen molar-refractivity contribution in [1.29, 1.82) is 5.26 Å². The minimum atomic E-state index is -1.12. The molecule has 1 saturated carbocycles. The highest BCUT2D eigenvalue weighted by Gasteiger charge is 2.51. The van der Waals surface area contributed by atoms with Gasteiger partial charge in [0.1, 0.15) is 6.04 Å². The Kier molecular flexibility index (Phi) is 5.97. The molecule has 1 aromatic carbocycles. The van der Waals surface area contributed by atoms with Crippen LogP contribution in [-0.4, -0.2) is 40.7 Å². The zero-order valence-corrected chi connectivity index (χ0v) is 16.4. The van der Waals surface area contributed by atoms with Crippen LogP contribution in [0.4, 0.5) is 5.69 Å².